The molecule has 24 heavy (non-hydrogen) atoms. The van der Waals surface area contributed by atoms with Crippen LogP contribution in [-0.4, -0.2) is 21.9 Å². The monoisotopic (exact) mass is 326 g/mol. The lowest BCUT2D eigenvalue weighted by Crippen LogP contribution is -2.34. The van der Waals surface area contributed by atoms with Crippen LogP contribution in [0.3, 0.4) is 0 Å². The minimum atomic E-state index is 0.276. The number of hydrogen-bond acceptors (Lipinski definition) is 1. The summed E-state index contributed by atoms with van der Waals surface area (Å²) < 4.78 is 2.25. The number of amides is 1. The molecule has 1 aromatic carbocycles. The number of aromatic nitrogens is 1. The van der Waals surface area contributed by atoms with Crippen molar-refractivity contribution in [1.29, 1.82) is 0 Å². The van der Waals surface area contributed by atoms with Crippen molar-refractivity contribution in [2.24, 2.45) is 5.92 Å². The second-order valence-electron chi connectivity index (χ2n) is 6.88. The van der Waals surface area contributed by atoms with Crippen LogP contribution in [0.5, 0.6) is 0 Å². The zero-order valence-electron chi connectivity index (χ0n) is 15.2. The molecule has 0 saturated heterocycles. The molecule has 0 bridgehead atoms. The van der Waals surface area contributed by atoms with Crippen LogP contribution in [-0.2, 0) is 17.9 Å². The Kier molecular flexibility index (Phi) is 7.10. The summed E-state index contributed by atoms with van der Waals surface area (Å²) in [5, 5.41) is 0. The van der Waals surface area contributed by atoms with Crippen molar-refractivity contribution in [3.8, 4) is 0 Å². The Hall–Kier alpha value is -2.03. The van der Waals surface area contributed by atoms with E-state index in [1.807, 2.05) is 11.0 Å². The van der Waals surface area contributed by atoms with Gasteiger partial charge in [-0.15, -0.1) is 0 Å². The SMILES string of the molecule is CCCCC(=O)N(Cc1cccn1Cc1ccccc1)CC(C)C. The third kappa shape index (κ3) is 5.55. The molecule has 130 valence electrons. The highest BCUT2D eigenvalue weighted by Crippen LogP contribution is 2.13. The van der Waals surface area contributed by atoms with Crippen molar-refractivity contribution in [1.82, 2.24) is 9.47 Å². The van der Waals surface area contributed by atoms with Crippen molar-refractivity contribution >= 4 is 5.91 Å². The molecule has 3 heteroatoms. The number of carbonyl (C=O) groups excluding carboxylic acids is 1. The molecule has 2 rings (SSSR count). The summed E-state index contributed by atoms with van der Waals surface area (Å²) >= 11 is 0. The largest absolute Gasteiger partial charge is 0.345 e. The number of unbranched alkanes of at least 4 members (excludes halogenated alkanes) is 1. The van der Waals surface area contributed by atoms with E-state index in [0.29, 0.717) is 18.9 Å². The quantitative estimate of drug-likeness (QED) is 0.655. The third-order valence-electron chi connectivity index (χ3n) is 4.15. The van der Waals surface area contributed by atoms with Gasteiger partial charge in [-0.05, 0) is 30.0 Å². The van der Waals surface area contributed by atoms with E-state index in [1.165, 1.54) is 11.3 Å². The fourth-order valence-corrected chi connectivity index (χ4v) is 2.90. The first-order chi connectivity index (χ1) is 11.6. The van der Waals surface area contributed by atoms with Crippen molar-refractivity contribution in [3.05, 3.63) is 59.9 Å². The number of rotatable bonds is 9. The Morgan fingerprint density at radius 1 is 1.12 bits per heavy atom. The average molecular weight is 326 g/mol. The Morgan fingerprint density at radius 2 is 1.88 bits per heavy atom. The maximum Gasteiger partial charge on any atom is 0.222 e. The maximum atomic E-state index is 12.6. The van der Waals surface area contributed by atoms with E-state index in [4.69, 9.17) is 0 Å². The molecule has 1 aromatic heterocycles. The summed E-state index contributed by atoms with van der Waals surface area (Å²) in [4.78, 5) is 14.6. The summed E-state index contributed by atoms with van der Waals surface area (Å²) in [7, 11) is 0. The molecular weight excluding hydrogens is 296 g/mol. The molecule has 0 aliphatic heterocycles. The van der Waals surface area contributed by atoms with Crippen LogP contribution in [0.15, 0.2) is 48.7 Å². The van der Waals surface area contributed by atoms with E-state index in [9.17, 15) is 4.79 Å². The summed E-state index contributed by atoms with van der Waals surface area (Å²) in [6, 6.07) is 14.7. The molecule has 0 spiro atoms. The zero-order chi connectivity index (χ0) is 17.4. The number of hydrogen-bond donors (Lipinski definition) is 0. The fourth-order valence-electron chi connectivity index (χ4n) is 2.90. The Labute approximate surface area is 146 Å². The lowest BCUT2D eigenvalue weighted by molar-refractivity contribution is -0.132. The summed E-state index contributed by atoms with van der Waals surface area (Å²) in [6.45, 7) is 8.83. The molecule has 0 saturated carbocycles. The minimum Gasteiger partial charge on any atom is -0.345 e. The van der Waals surface area contributed by atoms with E-state index in [2.05, 4.69) is 67.9 Å². The molecule has 0 fully saturated rings. The smallest absolute Gasteiger partial charge is 0.222 e. The average Bonchev–Trinajstić information content (AvgIpc) is 2.99. The summed E-state index contributed by atoms with van der Waals surface area (Å²) in [5.74, 6) is 0.756. The van der Waals surface area contributed by atoms with Crippen molar-refractivity contribution < 1.29 is 4.79 Å². The molecule has 0 aliphatic rings. The van der Waals surface area contributed by atoms with Crippen LogP contribution < -0.4 is 0 Å². The molecule has 0 N–H and O–H groups in total. The Morgan fingerprint density at radius 3 is 2.54 bits per heavy atom. The third-order valence-corrected chi connectivity index (χ3v) is 4.15. The Balaban J connectivity index is 2.08. The van der Waals surface area contributed by atoms with Crippen LogP contribution >= 0.6 is 0 Å². The lowest BCUT2D eigenvalue weighted by atomic mass is 10.1. The molecular formula is C21H30N2O. The minimum absolute atomic E-state index is 0.276. The molecule has 3 nitrogen and oxygen atoms in total. The van der Waals surface area contributed by atoms with E-state index in [1.54, 1.807) is 0 Å². The van der Waals surface area contributed by atoms with Gasteiger partial charge in [-0.1, -0.05) is 57.5 Å². The molecule has 0 aliphatic carbocycles. The topological polar surface area (TPSA) is 25.2 Å². The second-order valence-corrected chi connectivity index (χ2v) is 6.88. The summed E-state index contributed by atoms with van der Waals surface area (Å²) in [6.07, 6.45) is 4.79. The van der Waals surface area contributed by atoms with Crippen LogP contribution in [0, 0.1) is 5.92 Å². The van der Waals surface area contributed by atoms with Gasteiger partial charge in [0, 0.05) is 31.4 Å². The first kappa shape index (κ1) is 18.3. The zero-order valence-corrected chi connectivity index (χ0v) is 15.2. The lowest BCUT2D eigenvalue weighted by Gasteiger charge is -2.25. The van der Waals surface area contributed by atoms with Gasteiger partial charge >= 0.3 is 0 Å². The van der Waals surface area contributed by atoms with Gasteiger partial charge in [0.25, 0.3) is 0 Å². The van der Waals surface area contributed by atoms with Crippen LogP contribution in [0.2, 0.25) is 0 Å². The highest BCUT2D eigenvalue weighted by molar-refractivity contribution is 5.76. The first-order valence-electron chi connectivity index (χ1n) is 9.05. The maximum absolute atomic E-state index is 12.6. The van der Waals surface area contributed by atoms with Crippen molar-refractivity contribution in [2.45, 2.75) is 53.1 Å². The molecule has 1 amide bonds. The molecule has 2 aromatic rings. The van der Waals surface area contributed by atoms with Crippen molar-refractivity contribution in [3.63, 3.8) is 0 Å². The predicted molar refractivity (Wildman–Crippen MR) is 99.8 cm³/mol. The normalized spacial score (nSPS) is 11.0. The van der Waals surface area contributed by atoms with Gasteiger partial charge in [0.15, 0.2) is 0 Å². The van der Waals surface area contributed by atoms with Crippen LogP contribution in [0.25, 0.3) is 0 Å². The molecule has 0 radical (unpaired) electrons. The number of benzene rings is 1. The highest BCUT2D eigenvalue weighted by atomic mass is 16.2. The van der Waals surface area contributed by atoms with Crippen LogP contribution in [0.1, 0.15) is 51.3 Å². The molecule has 0 atom stereocenters. The fraction of sp³-hybridized carbons (Fsp3) is 0.476. The molecule has 1 heterocycles. The van der Waals surface area contributed by atoms with Gasteiger partial charge in [0.2, 0.25) is 5.91 Å². The van der Waals surface area contributed by atoms with Gasteiger partial charge in [0.1, 0.15) is 0 Å². The predicted octanol–water partition coefficient (Wildman–Crippen LogP) is 4.71. The second kappa shape index (κ2) is 9.31. The van der Waals surface area contributed by atoms with Crippen LogP contribution in [0.4, 0.5) is 0 Å². The van der Waals surface area contributed by atoms with Gasteiger partial charge in [-0.3, -0.25) is 4.79 Å². The van der Waals surface area contributed by atoms with E-state index in [0.717, 1.165) is 25.9 Å². The molecule has 0 unspecified atom stereocenters. The van der Waals surface area contributed by atoms with Gasteiger partial charge in [0.05, 0.1) is 6.54 Å². The Bertz CT molecular complexity index is 616. The van der Waals surface area contributed by atoms with Gasteiger partial charge < -0.3 is 9.47 Å². The van der Waals surface area contributed by atoms with Gasteiger partial charge in [-0.25, -0.2) is 0 Å². The number of nitrogens with zero attached hydrogens (tertiary/aromatic N) is 2. The van der Waals surface area contributed by atoms with E-state index >= 15 is 0 Å². The van der Waals surface area contributed by atoms with Gasteiger partial charge in [-0.2, -0.15) is 0 Å². The first-order valence-corrected chi connectivity index (χ1v) is 9.05. The van der Waals surface area contributed by atoms with E-state index in [-0.39, 0.29) is 5.91 Å². The summed E-state index contributed by atoms with van der Waals surface area (Å²) in [5.41, 5.74) is 2.48. The highest BCUT2D eigenvalue weighted by Gasteiger charge is 2.16. The van der Waals surface area contributed by atoms with E-state index < -0.39 is 0 Å². The standard InChI is InChI=1S/C21H30N2O/c1-4-5-13-21(24)23(15-18(2)3)17-20-12-9-14-22(20)16-19-10-7-6-8-11-19/h6-12,14,18H,4-5,13,15-17H2,1-3H3. The van der Waals surface area contributed by atoms with Crippen molar-refractivity contribution in [2.75, 3.05) is 6.54 Å². The number of carbonyl (C=O) groups is 1.